The molecule has 3 saturated carbocycles. The van der Waals surface area contributed by atoms with E-state index in [1.807, 2.05) is 0 Å². The number of nitrogens with zero attached hydrogens (tertiary/aromatic N) is 1. The number of hydrogen-bond donors (Lipinski definition) is 8. The molecule has 1 aromatic heterocycles. The monoisotopic (exact) mass is 992 g/mol. The number of carboxylic acid groups (broad SMARTS) is 1. The number of aliphatic carboxylic acids is 1. The van der Waals surface area contributed by atoms with Gasteiger partial charge in [0.15, 0.2) is 29.1 Å². The quantitative estimate of drug-likeness (QED) is 0.0836. The molecule has 5 aliphatic rings. The van der Waals surface area contributed by atoms with E-state index in [2.05, 4.69) is 31.9 Å². The van der Waals surface area contributed by atoms with Gasteiger partial charge in [-0.25, -0.2) is 8.96 Å². The first-order valence-electron chi connectivity index (χ1n) is 21.0. The molecule has 0 unspecified atom stereocenters. The topological polar surface area (TPSA) is 289 Å². The van der Waals surface area contributed by atoms with Crippen molar-refractivity contribution in [2.45, 2.75) is 101 Å². The molecule has 3 amide bonds. The zero-order valence-electron chi connectivity index (χ0n) is 35.4. The molecule has 352 valence electrons. The van der Waals surface area contributed by atoms with Gasteiger partial charge in [0.2, 0.25) is 17.7 Å². The maximum atomic E-state index is 17.9. The average molecular weight is 994 g/mol. The number of fused-ring (bicyclic) bond motifs is 7. The average Bonchev–Trinajstić information content (AvgIpc) is 3.94. The zero-order chi connectivity index (χ0) is 47.3. The first kappa shape index (κ1) is 48.5. The van der Waals surface area contributed by atoms with Crippen LogP contribution in [0.3, 0.4) is 0 Å². The Morgan fingerprint density at radius 1 is 1.12 bits per heavy atom. The van der Waals surface area contributed by atoms with Crippen molar-refractivity contribution in [3.8, 4) is 0 Å². The van der Waals surface area contributed by atoms with Gasteiger partial charge in [-0.1, -0.05) is 46.6 Å². The second-order valence-corrected chi connectivity index (χ2v) is 19.5. The minimum atomic E-state index is -5.14. The first-order valence-corrected chi connectivity index (χ1v) is 23.6. The number of carboxylic acids is 1. The summed E-state index contributed by atoms with van der Waals surface area (Å²) in [5, 5.41) is 38.7. The van der Waals surface area contributed by atoms with Crippen LogP contribution in [0, 0.1) is 22.7 Å². The summed E-state index contributed by atoms with van der Waals surface area (Å²) >= 11 is 2.97. The highest BCUT2D eigenvalue weighted by Gasteiger charge is 2.79. The number of ketones is 2. The third-order valence-corrected chi connectivity index (χ3v) is 15.0. The van der Waals surface area contributed by atoms with Crippen LogP contribution in [0.15, 0.2) is 60.5 Å². The normalized spacial score (nSPS) is 31.7. The summed E-state index contributed by atoms with van der Waals surface area (Å²) in [6, 6.07) is 5.22. The number of aliphatic hydroxyl groups is 2. The lowest BCUT2D eigenvalue weighted by atomic mass is 9.44. The lowest BCUT2D eigenvalue weighted by Crippen LogP contribution is -2.69. The van der Waals surface area contributed by atoms with Gasteiger partial charge in [-0.05, 0) is 74.8 Å². The lowest BCUT2D eigenvalue weighted by Gasteiger charge is -2.62. The fourth-order valence-corrected chi connectivity index (χ4v) is 11.4. The smallest absolute Gasteiger partial charge is 0.470 e. The van der Waals surface area contributed by atoms with E-state index in [1.165, 1.54) is 18.2 Å². The molecule has 10 atom stereocenters. The number of aliphatic hydroxyl groups excluding tert-OH is 2. The number of phosphoric ester groups is 1. The second-order valence-electron chi connectivity index (χ2n) is 17.7. The van der Waals surface area contributed by atoms with Crippen molar-refractivity contribution < 1.29 is 76.8 Å². The van der Waals surface area contributed by atoms with Crippen molar-refractivity contribution in [1.82, 2.24) is 15.2 Å². The largest absolute Gasteiger partial charge is 0.481 e. The Kier molecular flexibility index (Phi) is 13.7. The fraction of sp³-hybridized carbons (Fsp3) is 0.535. The number of phosphoric acid groups is 1. The minimum absolute atomic E-state index is 0.0588. The third-order valence-electron chi connectivity index (χ3n) is 14.0. The van der Waals surface area contributed by atoms with Crippen LogP contribution in [0.4, 0.5) is 10.1 Å². The first-order chi connectivity index (χ1) is 30.6. The number of hydrogen-bond acceptors (Lipinski definition) is 12. The Bertz CT molecular complexity index is 2390. The number of carbonyl (C=O) groups excluding carboxylic acids is 5. The zero-order valence-corrected chi connectivity index (χ0v) is 37.9. The number of rotatable bonds is 17. The predicted molar refractivity (Wildman–Crippen MR) is 228 cm³/mol. The Hall–Kier alpha value is -4.44. The van der Waals surface area contributed by atoms with Crippen LogP contribution in [-0.4, -0.2) is 113 Å². The molecule has 19 nitrogen and oxygen atoms in total. The standard InChI is InChI=1S/C43H51BrFN4O15P/c1-40-11-9-27(51)14-26(40)5-6-28-29-15-34-43(33(53)22-62-65(59,60)61,41(29,2)16-32(52)42(28,40)45)64-39(63-34)24-10-12-49(20-24)19-23-3-4-25(21-50)31(13-23)48-38(58)30(7-8-37(56)57)47-36(55)18-46-35(54)17-44/h3-4,9-14,20,28-30,32,34,39,50,52H,5-8,15-19,21-22H2,1-2H3,(H,46,54)(H,47,55)(H,48,58)(H,56,57)(H2,59,60,61)/t28-,29-,30-,32-,34+,39+,40-,41-,42-,43+/m0/s1. The summed E-state index contributed by atoms with van der Waals surface area (Å²) in [7, 11) is -5.14. The highest BCUT2D eigenvalue weighted by Crippen LogP contribution is 2.72. The van der Waals surface area contributed by atoms with Crippen molar-refractivity contribution in [3.05, 3.63) is 77.2 Å². The van der Waals surface area contributed by atoms with Crippen LogP contribution in [0.2, 0.25) is 0 Å². The molecule has 65 heavy (non-hydrogen) atoms. The van der Waals surface area contributed by atoms with Crippen LogP contribution >= 0.6 is 23.8 Å². The van der Waals surface area contributed by atoms with E-state index >= 15 is 4.39 Å². The Morgan fingerprint density at radius 3 is 2.57 bits per heavy atom. The Labute approximate surface area is 380 Å². The van der Waals surface area contributed by atoms with Gasteiger partial charge in [-0.2, -0.15) is 0 Å². The highest BCUT2D eigenvalue weighted by atomic mass is 79.9. The van der Waals surface area contributed by atoms with E-state index in [1.54, 1.807) is 55.1 Å². The summed E-state index contributed by atoms with van der Waals surface area (Å²) in [6.07, 6.45) is 3.43. The molecule has 4 fully saturated rings. The maximum Gasteiger partial charge on any atom is 0.470 e. The van der Waals surface area contributed by atoms with Gasteiger partial charge in [-0.3, -0.25) is 33.3 Å². The number of allylic oxidation sites excluding steroid dienone is 4. The van der Waals surface area contributed by atoms with Crippen molar-refractivity contribution in [3.63, 3.8) is 0 Å². The number of Topliss-reactive ketones (excluding diaryl/α,β-unsaturated/α-hetero) is 1. The fourth-order valence-electron chi connectivity index (χ4n) is 11.0. The molecular formula is C43H51BrFN4O15P. The third kappa shape index (κ3) is 8.94. The van der Waals surface area contributed by atoms with Crippen molar-refractivity contribution in [2.75, 3.05) is 23.8 Å². The van der Waals surface area contributed by atoms with E-state index in [-0.39, 0.29) is 49.0 Å². The van der Waals surface area contributed by atoms with E-state index in [0.717, 1.165) is 0 Å². The maximum absolute atomic E-state index is 17.9. The number of nitrogens with one attached hydrogen (secondary N) is 3. The van der Waals surface area contributed by atoms with Crippen LogP contribution in [-0.2, 0) is 60.5 Å². The van der Waals surface area contributed by atoms with Crippen molar-refractivity contribution in [1.29, 1.82) is 0 Å². The molecule has 8 N–H and O–H groups in total. The molecule has 1 aliphatic heterocycles. The van der Waals surface area contributed by atoms with Gasteiger partial charge in [0.05, 0.1) is 30.7 Å². The molecular weight excluding hydrogens is 942 g/mol. The Balaban J connectivity index is 1.11. The van der Waals surface area contributed by atoms with E-state index in [9.17, 15) is 58.4 Å². The predicted octanol–water partition coefficient (Wildman–Crippen LogP) is 2.64. The molecule has 2 aromatic rings. The summed E-state index contributed by atoms with van der Waals surface area (Å²) in [6.45, 7) is 1.56. The van der Waals surface area contributed by atoms with Gasteiger partial charge >= 0.3 is 13.8 Å². The van der Waals surface area contributed by atoms with Gasteiger partial charge < -0.3 is 55.1 Å². The number of amides is 3. The summed E-state index contributed by atoms with van der Waals surface area (Å²) in [5.41, 5.74) is -4.66. The van der Waals surface area contributed by atoms with Gasteiger partial charge in [0.1, 0.15) is 12.6 Å². The molecule has 4 aliphatic carbocycles. The summed E-state index contributed by atoms with van der Waals surface area (Å²) < 4.78 is 49.3. The molecule has 0 radical (unpaired) electrons. The van der Waals surface area contributed by atoms with Crippen LogP contribution in [0.25, 0.3) is 0 Å². The highest BCUT2D eigenvalue weighted by molar-refractivity contribution is 9.09. The van der Waals surface area contributed by atoms with Crippen molar-refractivity contribution in [2.24, 2.45) is 22.7 Å². The number of halogens is 2. The van der Waals surface area contributed by atoms with Gasteiger partial charge in [0, 0.05) is 58.9 Å². The molecule has 7 rings (SSSR count). The summed E-state index contributed by atoms with van der Waals surface area (Å²) in [5.74, 6) is -5.72. The molecule has 0 bridgehead atoms. The molecule has 1 saturated heterocycles. The number of aromatic nitrogens is 1. The SMILES string of the molecule is C[C@]12C=CC(=O)C=C1CC[C@H]1[C@@H]3C[C@H]4O[C@@H](c5ccn(Cc6ccc(CO)c(NC(=O)[C@H](CCC(=O)O)NC(=O)CNC(=O)CBr)c6)c5)O[C@@]4(C(=O)COP(=O)(O)O)[C@@]3(C)C[C@H](O)[C@@]12F. The number of anilines is 1. The van der Waals surface area contributed by atoms with E-state index in [4.69, 9.17) is 14.0 Å². The number of ether oxygens (including phenoxy) is 2. The number of carbonyl (C=O) groups is 6. The number of benzene rings is 1. The van der Waals surface area contributed by atoms with Gasteiger partial charge in [0.25, 0.3) is 0 Å². The minimum Gasteiger partial charge on any atom is -0.481 e. The van der Waals surface area contributed by atoms with Crippen molar-refractivity contribution >= 4 is 64.7 Å². The van der Waals surface area contributed by atoms with Crippen LogP contribution < -0.4 is 16.0 Å². The van der Waals surface area contributed by atoms with Gasteiger partial charge in [-0.15, -0.1) is 0 Å². The van der Waals surface area contributed by atoms with E-state index < -0.39 is 122 Å². The lowest BCUT2D eigenvalue weighted by molar-refractivity contribution is -0.231. The molecule has 2 heterocycles. The summed E-state index contributed by atoms with van der Waals surface area (Å²) in [4.78, 5) is 94.7. The van der Waals surface area contributed by atoms with Crippen LogP contribution in [0.5, 0.6) is 0 Å². The molecule has 22 heteroatoms. The molecule has 1 aromatic carbocycles. The molecule has 0 spiro atoms. The Morgan fingerprint density at radius 2 is 1.88 bits per heavy atom. The van der Waals surface area contributed by atoms with Crippen LogP contribution in [0.1, 0.15) is 75.4 Å². The number of alkyl halides is 2. The van der Waals surface area contributed by atoms with E-state index in [0.29, 0.717) is 28.7 Å². The second kappa shape index (κ2) is 18.3.